The maximum atomic E-state index is 7.16. The molecule has 4 aromatic carbocycles. The van der Waals surface area contributed by atoms with Crippen LogP contribution in [0.2, 0.25) is 25.1 Å². The summed E-state index contributed by atoms with van der Waals surface area (Å²) in [6.07, 6.45) is 3.54. The SMILES string of the molecule is Cl.Clc1ccc(C(OCc2ccc(Cl)cc2Cl)C(Cl)N2C=CN(C(c3ccc(Cl)cc3)c3ccc(Cl)cc3)C2)cc1. The van der Waals surface area contributed by atoms with Crippen molar-refractivity contribution >= 4 is 82.0 Å². The van der Waals surface area contributed by atoms with E-state index in [0.717, 1.165) is 22.3 Å². The first-order chi connectivity index (χ1) is 19.3. The second kappa shape index (κ2) is 14.6. The second-order valence-electron chi connectivity index (χ2n) is 9.37. The van der Waals surface area contributed by atoms with Gasteiger partial charge in [0.25, 0.3) is 0 Å². The van der Waals surface area contributed by atoms with Crippen molar-refractivity contribution in [3.05, 3.63) is 151 Å². The van der Waals surface area contributed by atoms with E-state index in [4.69, 9.17) is 74.3 Å². The third-order valence-corrected chi connectivity index (χ3v) is 8.50. The molecule has 2 atom stereocenters. The predicted molar refractivity (Wildman–Crippen MR) is 175 cm³/mol. The van der Waals surface area contributed by atoms with Gasteiger partial charge in [0.2, 0.25) is 0 Å². The Balaban J connectivity index is 0.00000387. The molecule has 5 rings (SSSR count). The molecule has 1 aliphatic heterocycles. The van der Waals surface area contributed by atoms with Crippen LogP contribution < -0.4 is 0 Å². The maximum Gasteiger partial charge on any atom is 0.135 e. The first-order valence-electron chi connectivity index (χ1n) is 12.4. The van der Waals surface area contributed by atoms with Crippen LogP contribution in [-0.2, 0) is 11.3 Å². The zero-order valence-corrected chi connectivity index (χ0v) is 26.8. The molecule has 214 valence electrons. The third-order valence-electron chi connectivity index (χ3n) is 6.68. The highest BCUT2D eigenvalue weighted by Crippen LogP contribution is 2.37. The lowest BCUT2D eigenvalue weighted by atomic mass is 9.97. The van der Waals surface area contributed by atoms with E-state index >= 15 is 0 Å². The van der Waals surface area contributed by atoms with Crippen LogP contribution in [0.3, 0.4) is 0 Å². The van der Waals surface area contributed by atoms with Gasteiger partial charge in [-0.15, -0.1) is 12.4 Å². The van der Waals surface area contributed by atoms with Gasteiger partial charge >= 0.3 is 0 Å². The molecular weight excluding hydrogens is 665 g/mol. The molecule has 0 bridgehead atoms. The predicted octanol–water partition coefficient (Wildman–Crippen LogP) is 11.0. The Morgan fingerprint density at radius 2 is 1.07 bits per heavy atom. The summed E-state index contributed by atoms with van der Waals surface area (Å²) in [4.78, 5) is 4.26. The Bertz CT molecular complexity index is 1420. The van der Waals surface area contributed by atoms with Crippen molar-refractivity contribution in [2.24, 2.45) is 0 Å². The molecule has 3 nitrogen and oxygen atoms in total. The van der Waals surface area contributed by atoms with Crippen LogP contribution in [0.15, 0.2) is 103 Å². The number of hydrogen-bond donors (Lipinski definition) is 0. The molecule has 0 aromatic heterocycles. The number of benzene rings is 4. The van der Waals surface area contributed by atoms with Crippen LogP contribution in [0.25, 0.3) is 0 Å². The molecular formula is C31H25Cl7N2O. The first kappa shape index (κ1) is 32.1. The number of alkyl halides is 1. The van der Waals surface area contributed by atoms with Crippen LogP contribution in [0.5, 0.6) is 0 Å². The number of halogens is 7. The van der Waals surface area contributed by atoms with Crippen molar-refractivity contribution in [2.75, 3.05) is 6.67 Å². The summed E-state index contributed by atoms with van der Waals surface area (Å²) in [6, 6.07) is 28.5. The summed E-state index contributed by atoms with van der Waals surface area (Å²) in [5, 5.41) is 3.10. The molecule has 0 spiro atoms. The van der Waals surface area contributed by atoms with Gasteiger partial charge in [-0.05, 0) is 70.8 Å². The van der Waals surface area contributed by atoms with Gasteiger partial charge in [0.1, 0.15) is 11.6 Å². The quantitative estimate of drug-likeness (QED) is 0.129. The number of rotatable bonds is 9. The lowest BCUT2D eigenvalue weighted by Crippen LogP contribution is -2.37. The molecule has 0 radical (unpaired) electrons. The highest BCUT2D eigenvalue weighted by Gasteiger charge is 2.32. The van der Waals surface area contributed by atoms with Crippen molar-refractivity contribution in [2.45, 2.75) is 24.3 Å². The van der Waals surface area contributed by atoms with Crippen molar-refractivity contribution in [1.29, 1.82) is 0 Å². The molecule has 2 unspecified atom stereocenters. The van der Waals surface area contributed by atoms with Crippen LogP contribution in [-0.4, -0.2) is 22.0 Å². The van der Waals surface area contributed by atoms with E-state index in [1.165, 1.54) is 0 Å². The molecule has 0 saturated carbocycles. The van der Waals surface area contributed by atoms with E-state index in [0.29, 0.717) is 31.8 Å². The van der Waals surface area contributed by atoms with Crippen LogP contribution in [0.1, 0.15) is 34.4 Å². The molecule has 1 heterocycles. The Kier molecular flexibility index (Phi) is 11.4. The minimum atomic E-state index is -0.537. The van der Waals surface area contributed by atoms with Crippen LogP contribution in [0.4, 0.5) is 0 Å². The lowest BCUT2D eigenvalue weighted by Gasteiger charge is -2.34. The molecule has 0 N–H and O–H groups in total. The zero-order chi connectivity index (χ0) is 28.2. The van der Waals surface area contributed by atoms with Crippen molar-refractivity contribution < 1.29 is 4.74 Å². The van der Waals surface area contributed by atoms with Gasteiger partial charge in [0.05, 0.1) is 19.3 Å². The Morgan fingerprint density at radius 3 is 1.59 bits per heavy atom. The van der Waals surface area contributed by atoms with Crippen molar-refractivity contribution in [1.82, 2.24) is 9.80 Å². The van der Waals surface area contributed by atoms with E-state index in [9.17, 15) is 0 Å². The standard InChI is InChI=1S/C31H24Cl6N2O.ClH/c32-24-8-1-20(2-9-24)29(21-3-10-25(33)11-4-21)38-15-16-39(19-38)31(37)30(22-5-12-26(34)13-6-22)40-18-23-7-14-27(35)17-28(23)36;/h1-17,29-31H,18-19H2;1H. The minimum absolute atomic E-state index is 0. The average molecular weight is 690 g/mol. The summed E-state index contributed by atoms with van der Waals surface area (Å²) in [7, 11) is 0. The van der Waals surface area contributed by atoms with Crippen LogP contribution >= 0.6 is 82.0 Å². The summed E-state index contributed by atoms with van der Waals surface area (Å²) >= 11 is 38.2. The number of ether oxygens (including phenoxy) is 1. The third kappa shape index (κ3) is 7.98. The van der Waals surface area contributed by atoms with Crippen molar-refractivity contribution in [3.63, 3.8) is 0 Å². The fraction of sp³-hybridized carbons (Fsp3) is 0.161. The topological polar surface area (TPSA) is 15.7 Å². The van der Waals surface area contributed by atoms with Gasteiger partial charge in [-0.2, -0.15) is 0 Å². The highest BCUT2D eigenvalue weighted by molar-refractivity contribution is 6.35. The molecule has 10 heteroatoms. The first-order valence-corrected chi connectivity index (χ1v) is 14.8. The Morgan fingerprint density at radius 1 is 0.610 bits per heavy atom. The second-order valence-corrected chi connectivity index (χ2v) is 12.0. The highest BCUT2D eigenvalue weighted by atomic mass is 35.5. The minimum Gasteiger partial charge on any atom is -0.365 e. The van der Waals surface area contributed by atoms with E-state index in [-0.39, 0.29) is 25.1 Å². The number of nitrogens with zero attached hydrogens (tertiary/aromatic N) is 2. The van der Waals surface area contributed by atoms with Crippen LogP contribution in [0, 0.1) is 0 Å². The van der Waals surface area contributed by atoms with Gasteiger partial charge in [-0.3, -0.25) is 0 Å². The Hall–Kier alpha value is -1.79. The van der Waals surface area contributed by atoms with Gasteiger partial charge in [-0.25, -0.2) is 0 Å². The molecule has 41 heavy (non-hydrogen) atoms. The summed E-state index contributed by atoms with van der Waals surface area (Å²) in [6.45, 7) is 0.783. The van der Waals surface area contributed by atoms with E-state index in [1.54, 1.807) is 12.1 Å². The largest absolute Gasteiger partial charge is 0.365 e. The Labute approximate surface area is 276 Å². The number of hydrogen-bond acceptors (Lipinski definition) is 3. The molecule has 1 aliphatic rings. The van der Waals surface area contributed by atoms with Gasteiger partial charge in [0, 0.05) is 37.5 Å². The monoisotopic (exact) mass is 686 g/mol. The van der Waals surface area contributed by atoms with E-state index in [1.807, 2.05) is 96.2 Å². The molecule has 0 amide bonds. The smallest absolute Gasteiger partial charge is 0.135 e. The molecule has 4 aromatic rings. The molecule has 0 fully saturated rings. The van der Waals surface area contributed by atoms with Gasteiger partial charge in [-0.1, -0.05) is 112 Å². The zero-order valence-electron chi connectivity index (χ0n) is 21.4. The summed E-state index contributed by atoms with van der Waals surface area (Å²) in [5.74, 6) is 0. The van der Waals surface area contributed by atoms with E-state index < -0.39 is 11.6 Å². The van der Waals surface area contributed by atoms with Gasteiger partial charge < -0.3 is 14.5 Å². The molecule has 0 aliphatic carbocycles. The fourth-order valence-electron chi connectivity index (χ4n) is 4.63. The average Bonchev–Trinajstić information content (AvgIpc) is 3.43. The summed E-state index contributed by atoms with van der Waals surface area (Å²) in [5.41, 5.74) is 3.36. The summed E-state index contributed by atoms with van der Waals surface area (Å²) < 4.78 is 6.41. The van der Waals surface area contributed by atoms with E-state index in [2.05, 4.69) is 4.90 Å². The fourth-order valence-corrected chi connectivity index (χ4v) is 5.81. The van der Waals surface area contributed by atoms with Crippen molar-refractivity contribution in [3.8, 4) is 0 Å². The normalized spacial score (nSPS) is 14.3. The maximum absolute atomic E-state index is 7.16. The lowest BCUT2D eigenvalue weighted by molar-refractivity contribution is 0.00583. The van der Waals surface area contributed by atoms with Gasteiger partial charge in [0.15, 0.2) is 0 Å². The molecule has 0 saturated heterocycles.